The third-order valence-corrected chi connectivity index (χ3v) is 4.66. The molecular weight excluding hydrogens is 368 g/mol. The van der Waals surface area contributed by atoms with E-state index >= 15 is 0 Å². The van der Waals surface area contributed by atoms with Gasteiger partial charge in [0.05, 0.1) is 7.11 Å². The molecule has 2 aromatic carbocycles. The Morgan fingerprint density at radius 2 is 2.00 bits per heavy atom. The summed E-state index contributed by atoms with van der Waals surface area (Å²) in [7, 11) is 1.57. The number of likely N-dealkylation sites (tertiary alicyclic amines) is 1. The molecule has 1 fully saturated rings. The number of methoxy groups -OCH3 is 1. The van der Waals surface area contributed by atoms with Crippen LogP contribution in [0.1, 0.15) is 30.3 Å². The average molecular weight is 385 g/mol. The Kier molecular flexibility index (Phi) is 4.77. The van der Waals surface area contributed by atoms with Gasteiger partial charge in [-0.1, -0.05) is 17.3 Å². The number of amides is 1. The second-order valence-corrected chi connectivity index (χ2v) is 6.54. The molecule has 1 amide bonds. The Bertz CT molecular complexity index is 1000. The van der Waals surface area contributed by atoms with E-state index in [1.165, 1.54) is 17.0 Å². The van der Waals surface area contributed by atoms with E-state index in [0.717, 1.165) is 11.6 Å². The third-order valence-electron chi connectivity index (χ3n) is 4.66. The summed E-state index contributed by atoms with van der Waals surface area (Å²) in [6.07, 6.45) is 0.801. The SMILES string of the molecule is COc1cccc(-c2noc(C3CCC(=O)N3Cc3cc(F)cc(F)c3)n2)c1. The maximum Gasteiger partial charge on any atom is 0.249 e. The van der Waals surface area contributed by atoms with Crippen LogP contribution in [0, 0.1) is 11.6 Å². The van der Waals surface area contributed by atoms with Crippen molar-refractivity contribution in [1.82, 2.24) is 15.0 Å². The first-order chi connectivity index (χ1) is 13.5. The fourth-order valence-electron chi connectivity index (χ4n) is 3.34. The van der Waals surface area contributed by atoms with Crippen molar-refractivity contribution < 1.29 is 22.8 Å². The molecule has 0 N–H and O–H groups in total. The van der Waals surface area contributed by atoms with Crippen molar-refractivity contribution in [3.05, 3.63) is 65.6 Å². The summed E-state index contributed by atoms with van der Waals surface area (Å²) in [6, 6.07) is 10.00. The molecule has 0 radical (unpaired) electrons. The summed E-state index contributed by atoms with van der Waals surface area (Å²) in [5, 5.41) is 4.00. The normalized spacial score (nSPS) is 16.6. The maximum atomic E-state index is 13.5. The molecule has 1 saturated heterocycles. The second kappa shape index (κ2) is 7.38. The van der Waals surface area contributed by atoms with Gasteiger partial charge in [0.1, 0.15) is 23.4 Å². The van der Waals surface area contributed by atoms with Gasteiger partial charge in [0.15, 0.2) is 0 Å². The smallest absolute Gasteiger partial charge is 0.249 e. The lowest BCUT2D eigenvalue weighted by molar-refractivity contribution is -0.130. The highest BCUT2D eigenvalue weighted by Gasteiger charge is 2.36. The first-order valence-corrected chi connectivity index (χ1v) is 8.76. The van der Waals surface area contributed by atoms with Gasteiger partial charge in [-0.25, -0.2) is 8.78 Å². The molecule has 0 bridgehead atoms. The molecule has 1 aromatic heterocycles. The molecule has 1 atom stereocenters. The minimum atomic E-state index is -0.684. The third kappa shape index (κ3) is 3.58. The number of ether oxygens (including phenoxy) is 1. The summed E-state index contributed by atoms with van der Waals surface area (Å²) in [4.78, 5) is 18.3. The van der Waals surface area contributed by atoms with E-state index in [1.807, 2.05) is 12.1 Å². The van der Waals surface area contributed by atoms with E-state index in [1.54, 1.807) is 19.2 Å². The van der Waals surface area contributed by atoms with Gasteiger partial charge in [-0.15, -0.1) is 0 Å². The number of carbonyl (C=O) groups is 1. The average Bonchev–Trinajstić information content (AvgIpc) is 3.29. The molecule has 0 spiro atoms. The van der Waals surface area contributed by atoms with Gasteiger partial charge in [0.25, 0.3) is 0 Å². The zero-order chi connectivity index (χ0) is 19.7. The second-order valence-electron chi connectivity index (χ2n) is 6.54. The van der Waals surface area contributed by atoms with Gasteiger partial charge in [-0.2, -0.15) is 4.98 Å². The molecule has 8 heteroatoms. The first-order valence-electron chi connectivity index (χ1n) is 8.76. The van der Waals surface area contributed by atoms with E-state index in [-0.39, 0.29) is 12.5 Å². The number of hydrogen-bond donors (Lipinski definition) is 0. The van der Waals surface area contributed by atoms with Crippen LogP contribution in [0.5, 0.6) is 5.75 Å². The summed E-state index contributed by atoms with van der Waals surface area (Å²) < 4.78 is 37.6. The number of halogens is 2. The molecule has 2 heterocycles. The fraction of sp³-hybridized carbons (Fsp3) is 0.250. The zero-order valence-electron chi connectivity index (χ0n) is 15.1. The Hall–Kier alpha value is -3.29. The van der Waals surface area contributed by atoms with Crippen molar-refractivity contribution in [1.29, 1.82) is 0 Å². The van der Waals surface area contributed by atoms with Crippen molar-refractivity contribution >= 4 is 5.91 Å². The number of hydrogen-bond acceptors (Lipinski definition) is 5. The van der Waals surface area contributed by atoms with Crippen LogP contribution in [-0.2, 0) is 11.3 Å². The van der Waals surface area contributed by atoms with Gasteiger partial charge in [0, 0.05) is 24.6 Å². The van der Waals surface area contributed by atoms with Gasteiger partial charge in [0.2, 0.25) is 17.6 Å². The van der Waals surface area contributed by atoms with E-state index in [4.69, 9.17) is 9.26 Å². The Balaban J connectivity index is 1.59. The first kappa shape index (κ1) is 18.1. The minimum Gasteiger partial charge on any atom is -0.497 e. The lowest BCUT2D eigenvalue weighted by atomic mass is 10.1. The molecular formula is C20H17F2N3O3. The molecule has 6 nitrogen and oxygen atoms in total. The van der Waals surface area contributed by atoms with Crippen LogP contribution in [-0.4, -0.2) is 28.1 Å². The van der Waals surface area contributed by atoms with Gasteiger partial charge in [-0.05, 0) is 36.2 Å². The molecule has 1 unspecified atom stereocenters. The summed E-state index contributed by atoms with van der Waals surface area (Å²) in [6.45, 7) is 0.0645. The molecule has 4 rings (SSSR count). The number of rotatable bonds is 5. The Labute approximate surface area is 159 Å². The maximum absolute atomic E-state index is 13.5. The summed E-state index contributed by atoms with van der Waals surface area (Å²) >= 11 is 0. The summed E-state index contributed by atoms with van der Waals surface area (Å²) in [5.74, 6) is -0.163. The molecule has 0 saturated carbocycles. The highest BCUT2D eigenvalue weighted by molar-refractivity contribution is 5.78. The highest BCUT2D eigenvalue weighted by atomic mass is 19.1. The summed E-state index contributed by atoms with van der Waals surface area (Å²) in [5.41, 5.74) is 1.09. The van der Waals surface area contributed by atoms with Crippen LogP contribution in [0.15, 0.2) is 47.0 Å². The van der Waals surface area contributed by atoms with Gasteiger partial charge < -0.3 is 14.2 Å². The van der Waals surface area contributed by atoms with Crippen LogP contribution >= 0.6 is 0 Å². The lowest BCUT2D eigenvalue weighted by Crippen LogP contribution is -2.27. The van der Waals surface area contributed by atoms with E-state index in [2.05, 4.69) is 10.1 Å². The standard InChI is InChI=1S/C20H17F2N3O3/c1-27-16-4-2-3-13(9-16)19-23-20(28-24-19)17-5-6-18(26)25(17)11-12-7-14(21)10-15(22)8-12/h2-4,7-10,17H,5-6,11H2,1H3. The van der Waals surface area contributed by atoms with Crippen molar-refractivity contribution in [2.24, 2.45) is 0 Å². The van der Waals surface area contributed by atoms with Crippen molar-refractivity contribution in [2.75, 3.05) is 7.11 Å². The number of aromatic nitrogens is 2. The van der Waals surface area contributed by atoms with Gasteiger partial charge >= 0.3 is 0 Å². The topological polar surface area (TPSA) is 68.5 Å². The van der Waals surface area contributed by atoms with Crippen LogP contribution in [0.3, 0.4) is 0 Å². The largest absolute Gasteiger partial charge is 0.497 e. The van der Waals surface area contributed by atoms with Crippen molar-refractivity contribution in [3.8, 4) is 17.1 Å². The monoisotopic (exact) mass is 385 g/mol. The molecule has 0 aliphatic carbocycles. The number of nitrogens with zero attached hydrogens (tertiary/aromatic N) is 3. The van der Waals surface area contributed by atoms with Crippen LogP contribution in [0.25, 0.3) is 11.4 Å². The van der Waals surface area contributed by atoms with E-state index in [9.17, 15) is 13.6 Å². The predicted octanol–water partition coefficient (Wildman–Crippen LogP) is 3.89. The highest BCUT2D eigenvalue weighted by Crippen LogP contribution is 2.34. The molecule has 3 aromatic rings. The predicted molar refractivity (Wildman–Crippen MR) is 95.2 cm³/mol. The quantitative estimate of drug-likeness (QED) is 0.667. The Morgan fingerprint density at radius 3 is 2.75 bits per heavy atom. The van der Waals surface area contributed by atoms with Crippen molar-refractivity contribution in [3.63, 3.8) is 0 Å². The van der Waals surface area contributed by atoms with Crippen LogP contribution in [0.4, 0.5) is 8.78 Å². The molecule has 1 aliphatic heterocycles. The molecule has 28 heavy (non-hydrogen) atoms. The van der Waals surface area contributed by atoms with Crippen molar-refractivity contribution in [2.45, 2.75) is 25.4 Å². The zero-order valence-corrected chi connectivity index (χ0v) is 15.1. The number of carbonyl (C=O) groups excluding carboxylic acids is 1. The van der Waals surface area contributed by atoms with E-state index in [0.29, 0.717) is 35.9 Å². The minimum absolute atomic E-state index is 0.0645. The van der Waals surface area contributed by atoms with Crippen LogP contribution < -0.4 is 4.74 Å². The lowest BCUT2D eigenvalue weighted by Gasteiger charge is -2.22. The molecule has 1 aliphatic rings. The number of benzene rings is 2. The van der Waals surface area contributed by atoms with Crippen LogP contribution in [0.2, 0.25) is 0 Å². The molecule has 144 valence electrons. The van der Waals surface area contributed by atoms with E-state index < -0.39 is 17.7 Å². The fourth-order valence-corrected chi connectivity index (χ4v) is 3.34. The Morgan fingerprint density at radius 1 is 1.21 bits per heavy atom. The van der Waals surface area contributed by atoms with Gasteiger partial charge in [-0.3, -0.25) is 4.79 Å².